The van der Waals surface area contributed by atoms with Crippen molar-refractivity contribution in [3.63, 3.8) is 0 Å². The fourth-order valence-corrected chi connectivity index (χ4v) is 3.09. The van der Waals surface area contributed by atoms with Crippen LogP contribution in [0.5, 0.6) is 5.75 Å². The standard InChI is InChI=1S/C14H20ClNO/c1-9-11(14(8-16)5-4-6-14)7-12(15)10(2)13(9)17-3/h7H,4-6,8,16H2,1-3H3. The first-order valence-corrected chi connectivity index (χ1v) is 6.48. The lowest BCUT2D eigenvalue weighted by Crippen LogP contribution is -2.42. The zero-order valence-electron chi connectivity index (χ0n) is 10.8. The van der Waals surface area contributed by atoms with Gasteiger partial charge in [-0.3, -0.25) is 0 Å². The Morgan fingerprint density at radius 2 is 2.00 bits per heavy atom. The molecule has 0 heterocycles. The van der Waals surface area contributed by atoms with Gasteiger partial charge in [0.05, 0.1) is 7.11 Å². The Labute approximate surface area is 108 Å². The Bertz CT molecular complexity index is 433. The van der Waals surface area contributed by atoms with Gasteiger partial charge in [-0.2, -0.15) is 0 Å². The zero-order valence-corrected chi connectivity index (χ0v) is 11.5. The van der Waals surface area contributed by atoms with Crippen molar-refractivity contribution in [2.45, 2.75) is 38.5 Å². The van der Waals surface area contributed by atoms with Crippen LogP contribution in [0.4, 0.5) is 0 Å². The maximum atomic E-state index is 6.29. The first-order chi connectivity index (χ1) is 8.05. The van der Waals surface area contributed by atoms with Gasteiger partial charge in [0.15, 0.2) is 0 Å². The molecule has 0 spiro atoms. The van der Waals surface area contributed by atoms with Crippen molar-refractivity contribution in [3.8, 4) is 5.75 Å². The highest BCUT2D eigenvalue weighted by Gasteiger charge is 2.39. The van der Waals surface area contributed by atoms with Crippen LogP contribution in [0.1, 0.15) is 36.0 Å². The number of hydrogen-bond acceptors (Lipinski definition) is 2. The monoisotopic (exact) mass is 253 g/mol. The molecule has 1 aromatic carbocycles. The lowest BCUT2D eigenvalue weighted by atomic mass is 9.63. The maximum Gasteiger partial charge on any atom is 0.126 e. The minimum absolute atomic E-state index is 0.134. The van der Waals surface area contributed by atoms with Crippen LogP contribution in [0.3, 0.4) is 0 Å². The van der Waals surface area contributed by atoms with Gasteiger partial charge in [0.25, 0.3) is 0 Å². The van der Waals surface area contributed by atoms with Crippen LogP contribution in [0.25, 0.3) is 0 Å². The van der Waals surface area contributed by atoms with Crippen molar-refractivity contribution in [1.82, 2.24) is 0 Å². The molecular formula is C14H20ClNO. The molecule has 1 aliphatic carbocycles. The summed E-state index contributed by atoms with van der Waals surface area (Å²) in [5, 5.41) is 0.780. The second kappa shape index (κ2) is 4.51. The Kier molecular flexibility index (Phi) is 3.37. The summed E-state index contributed by atoms with van der Waals surface area (Å²) in [5.74, 6) is 0.909. The molecule has 0 unspecified atom stereocenters. The summed E-state index contributed by atoms with van der Waals surface area (Å²) in [4.78, 5) is 0. The van der Waals surface area contributed by atoms with Gasteiger partial charge in [-0.05, 0) is 43.9 Å². The van der Waals surface area contributed by atoms with Gasteiger partial charge < -0.3 is 10.5 Å². The normalized spacial score (nSPS) is 17.7. The highest BCUT2D eigenvalue weighted by molar-refractivity contribution is 6.31. The Morgan fingerprint density at radius 3 is 2.41 bits per heavy atom. The van der Waals surface area contributed by atoms with E-state index < -0.39 is 0 Å². The number of hydrogen-bond donors (Lipinski definition) is 1. The van der Waals surface area contributed by atoms with E-state index in [4.69, 9.17) is 22.1 Å². The van der Waals surface area contributed by atoms with E-state index in [9.17, 15) is 0 Å². The predicted molar refractivity (Wildman–Crippen MR) is 72.1 cm³/mol. The molecule has 3 heteroatoms. The number of nitrogens with two attached hydrogens (primary N) is 1. The molecule has 1 saturated carbocycles. The molecule has 0 radical (unpaired) electrons. The first kappa shape index (κ1) is 12.7. The third-order valence-electron chi connectivity index (χ3n) is 4.19. The quantitative estimate of drug-likeness (QED) is 0.897. The SMILES string of the molecule is COc1c(C)c(Cl)cc(C2(CN)CCC2)c1C. The largest absolute Gasteiger partial charge is 0.496 e. The molecule has 2 rings (SSSR count). The first-order valence-electron chi connectivity index (χ1n) is 6.10. The van der Waals surface area contributed by atoms with Crippen molar-refractivity contribution < 1.29 is 4.74 Å². The fraction of sp³-hybridized carbons (Fsp3) is 0.571. The molecule has 0 aromatic heterocycles. The van der Waals surface area contributed by atoms with Gasteiger partial charge in [-0.1, -0.05) is 18.0 Å². The second-order valence-electron chi connectivity index (χ2n) is 5.03. The van der Waals surface area contributed by atoms with Crippen LogP contribution in [0.2, 0.25) is 5.02 Å². The highest BCUT2D eigenvalue weighted by atomic mass is 35.5. The summed E-state index contributed by atoms with van der Waals surface area (Å²) in [7, 11) is 1.70. The number of benzene rings is 1. The van der Waals surface area contributed by atoms with Gasteiger partial charge in [0.2, 0.25) is 0 Å². The molecule has 0 saturated heterocycles. The van der Waals surface area contributed by atoms with Gasteiger partial charge in [-0.15, -0.1) is 0 Å². The zero-order chi connectivity index (χ0) is 12.6. The molecular weight excluding hydrogens is 234 g/mol. The molecule has 1 aromatic rings. The van der Waals surface area contributed by atoms with Crippen LogP contribution in [-0.4, -0.2) is 13.7 Å². The Hall–Kier alpha value is -0.730. The molecule has 0 bridgehead atoms. The number of rotatable bonds is 3. The lowest BCUT2D eigenvalue weighted by molar-refractivity contribution is 0.250. The van der Waals surface area contributed by atoms with E-state index in [1.165, 1.54) is 17.5 Å². The summed E-state index contributed by atoms with van der Waals surface area (Å²) in [6.07, 6.45) is 3.57. The van der Waals surface area contributed by atoms with Crippen molar-refractivity contribution >= 4 is 11.6 Å². The molecule has 2 N–H and O–H groups in total. The van der Waals surface area contributed by atoms with Crippen molar-refractivity contribution in [1.29, 1.82) is 0 Å². The van der Waals surface area contributed by atoms with E-state index in [0.717, 1.165) is 29.2 Å². The van der Waals surface area contributed by atoms with Crippen LogP contribution >= 0.6 is 11.6 Å². The molecule has 0 aliphatic heterocycles. The van der Waals surface area contributed by atoms with E-state index in [0.29, 0.717) is 6.54 Å². The third-order valence-corrected chi connectivity index (χ3v) is 4.58. The van der Waals surface area contributed by atoms with Crippen molar-refractivity contribution in [3.05, 3.63) is 27.8 Å². The van der Waals surface area contributed by atoms with Crippen LogP contribution < -0.4 is 10.5 Å². The van der Waals surface area contributed by atoms with Crippen LogP contribution in [0, 0.1) is 13.8 Å². The number of methoxy groups -OCH3 is 1. The molecule has 1 aliphatic rings. The van der Waals surface area contributed by atoms with Gasteiger partial charge in [-0.25, -0.2) is 0 Å². The highest BCUT2D eigenvalue weighted by Crippen LogP contribution is 2.47. The molecule has 2 nitrogen and oxygen atoms in total. The molecule has 1 fully saturated rings. The summed E-state index contributed by atoms with van der Waals surface area (Å²) in [6, 6.07) is 2.08. The average Bonchev–Trinajstić information content (AvgIpc) is 2.25. The van der Waals surface area contributed by atoms with Gasteiger partial charge in [0.1, 0.15) is 5.75 Å². The van der Waals surface area contributed by atoms with E-state index in [-0.39, 0.29) is 5.41 Å². The average molecular weight is 254 g/mol. The van der Waals surface area contributed by atoms with E-state index >= 15 is 0 Å². The lowest BCUT2D eigenvalue weighted by Gasteiger charge is -2.43. The Morgan fingerprint density at radius 1 is 1.35 bits per heavy atom. The maximum absolute atomic E-state index is 6.29. The molecule has 17 heavy (non-hydrogen) atoms. The van der Waals surface area contributed by atoms with E-state index in [1.54, 1.807) is 7.11 Å². The third kappa shape index (κ3) is 1.84. The van der Waals surface area contributed by atoms with E-state index in [2.05, 4.69) is 13.0 Å². The van der Waals surface area contributed by atoms with E-state index in [1.807, 2.05) is 6.92 Å². The minimum Gasteiger partial charge on any atom is -0.496 e. The molecule has 0 amide bonds. The van der Waals surface area contributed by atoms with Crippen LogP contribution in [-0.2, 0) is 5.41 Å². The van der Waals surface area contributed by atoms with Crippen molar-refractivity contribution in [2.24, 2.45) is 5.73 Å². The number of halogens is 1. The Balaban J connectivity index is 2.58. The van der Waals surface area contributed by atoms with Crippen LogP contribution in [0.15, 0.2) is 6.07 Å². The summed E-state index contributed by atoms with van der Waals surface area (Å²) in [5.41, 5.74) is 9.59. The fourth-order valence-electron chi connectivity index (χ4n) is 2.90. The topological polar surface area (TPSA) is 35.2 Å². The smallest absolute Gasteiger partial charge is 0.126 e. The molecule has 0 atom stereocenters. The number of ether oxygens (including phenoxy) is 1. The minimum atomic E-state index is 0.134. The van der Waals surface area contributed by atoms with Gasteiger partial charge >= 0.3 is 0 Å². The van der Waals surface area contributed by atoms with Crippen molar-refractivity contribution in [2.75, 3.05) is 13.7 Å². The molecule has 94 valence electrons. The summed E-state index contributed by atoms with van der Waals surface area (Å²) < 4.78 is 5.48. The van der Waals surface area contributed by atoms with Gasteiger partial charge in [0, 0.05) is 22.5 Å². The second-order valence-corrected chi connectivity index (χ2v) is 5.43. The summed E-state index contributed by atoms with van der Waals surface area (Å²) >= 11 is 6.29. The summed E-state index contributed by atoms with van der Waals surface area (Å²) in [6.45, 7) is 4.79. The predicted octanol–water partition coefficient (Wildman–Crippen LogP) is 3.35.